The van der Waals surface area contributed by atoms with E-state index in [1.807, 2.05) is 12.1 Å². The molecule has 1 atom stereocenters. The van der Waals surface area contributed by atoms with Crippen LogP contribution in [0.15, 0.2) is 18.3 Å². The van der Waals surface area contributed by atoms with E-state index in [1.54, 1.807) is 6.20 Å². The fourth-order valence-corrected chi connectivity index (χ4v) is 3.59. The lowest BCUT2D eigenvalue weighted by molar-refractivity contribution is -0.122. The second-order valence-electron chi connectivity index (χ2n) is 7.18. The van der Waals surface area contributed by atoms with E-state index in [9.17, 15) is 4.79 Å². The molecule has 1 amide bonds. The normalized spacial score (nSPS) is 21.7. The molecule has 138 valence electrons. The summed E-state index contributed by atoms with van der Waals surface area (Å²) in [5.41, 5.74) is 1.03. The number of nitrogens with one attached hydrogen (secondary N) is 1. The third kappa shape index (κ3) is 6.31. The van der Waals surface area contributed by atoms with E-state index < -0.39 is 0 Å². The predicted molar refractivity (Wildman–Crippen MR) is 96.4 cm³/mol. The van der Waals surface area contributed by atoms with Crippen LogP contribution < -0.4 is 10.1 Å². The molecule has 1 unspecified atom stereocenters. The lowest BCUT2D eigenvalue weighted by Gasteiger charge is -2.22. The zero-order valence-corrected chi connectivity index (χ0v) is 15.0. The van der Waals surface area contributed by atoms with Gasteiger partial charge < -0.3 is 14.8 Å². The number of pyridine rings is 1. The van der Waals surface area contributed by atoms with Crippen molar-refractivity contribution in [1.29, 1.82) is 0 Å². The molecule has 5 heteroatoms. The average Bonchev–Trinajstić information content (AvgIpc) is 2.67. The van der Waals surface area contributed by atoms with Gasteiger partial charge in [-0.3, -0.25) is 4.79 Å². The predicted octanol–water partition coefficient (Wildman–Crippen LogP) is 3.76. The van der Waals surface area contributed by atoms with Crippen LogP contribution in [0.3, 0.4) is 0 Å². The third-order valence-electron chi connectivity index (χ3n) is 5.10. The van der Waals surface area contributed by atoms with E-state index in [-0.39, 0.29) is 12.0 Å². The summed E-state index contributed by atoms with van der Waals surface area (Å²) in [6.45, 7) is 1.36. The molecule has 1 aliphatic carbocycles. The average molecular weight is 346 g/mol. The Labute approximate surface area is 150 Å². The monoisotopic (exact) mass is 346 g/mol. The molecule has 1 N–H and O–H groups in total. The van der Waals surface area contributed by atoms with Crippen LogP contribution in [0.5, 0.6) is 5.88 Å². The summed E-state index contributed by atoms with van der Waals surface area (Å²) in [6.07, 6.45) is 13.1. The second-order valence-corrected chi connectivity index (χ2v) is 7.18. The lowest BCUT2D eigenvalue weighted by atomic mass is 9.98. The molecule has 3 rings (SSSR count). The highest BCUT2D eigenvalue weighted by molar-refractivity contribution is 5.75. The number of carbonyl (C=O) groups excluding carboxylic acids is 1. The first-order chi connectivity index (χ1) is 12.3. The molecule has 2 heterocycles. The van der Waals surface area contributed by atoms with Crippen molar-refractivity contribution in [1.82, 2.24) is 10.3 Å². The molecule has 0 radical (unpaired) electrons. The maximum Gasteiger partial charge on any atom is 0.220 e. The topological polar surface area (TPSA) is 60.5 Å². The van der Waals surface area contributed by atoms with Gasteiger partial charge in [-0.25, -0.2) is 4.98 Å². The Kier molecular flexibility index (Phi) is 7.10. The van der Waals surface area contributed by atoms with E-state index in [0.29, 0.717) is 24.9 Å². The van der Waals surface area contributed by atoms with E-state index in [0.717, 1.165) is 44.3 Å². The van der Waals surface area contributed by atoms with Crippen LogP contribution in [0.4, 0.5) is 0 Å². The van der Waals surface area contributed by atoms with Crippen molar-refractivity contribution in [3.63, 3.8) is 0 Å². The summed E-state index contributed by atoms with van der Waals surface area (Å²) in [6, 6.07) is 3.87. The number of carbonyl (C=O) groups is 1. The Morgan fingerprint density at radius 3 is 2.84 bits per heavy atom. The van der Waals surface area contributed by atoms with E-state index in [2.05, 4.69) is 10.3 Å². The zero-order chi connectivity index (χ0) is 17.3. The van der Waals surface area contributed by atoms with Crippen LogP contribution in [-0.4, -0.2) is 29.7 Å². The molecule has 1 saturated heterocycles. The van der Waals surface area contributed by atoms with Crippen LogP contribution in [0, 0.1) is 0 Å². The van der Waals surface area contributed by atoms with Gasteiger partial charge >= 0.3 is 0 Å². The van der Waals surface area contributed by atoms with Crippen molar-refractivity contribution in [2.45, 2.75) is 83.0 Å². The fourth-order valence-electron chi connectivity index (χ4n) is 3.59. The van der Waals surface area contributed by atoms with Crippen LogP contribution in [-0.2, 0) is 16.1 Å². The van der Waals surface area contributed by atoms with E-state index in [1.165, 1.54) is 25.7 Å². The molecule has 2 aliphatic rings. The third-order valence-corrected chi connectivity index (χ3v) is 5.10. The quantitative estimate of drug-likeness (QED) is 0.817. The molecule has 0 bridgehead atoms. The molecule has 1 aromatic heterocycles. The Bertz CT molecular complexity index is 537. The Balaban J connectivity index is 1.39. The summed E-state index contributed by atoms with van der Waals surface area (Å²) >= 11 is 0. The van der Waals surface area contributed by atoms with Gasteiger partial charge in [0.1, 0.15) is 6.10 Å². The minimum Gasteiger partial charge on any atom is -0.474 e. The maximum atomic E-state index is 12.0. The smallest absolute Gasteiger partial charge is 0.220 e. The number of hydrogen-bond donors (Lipinski definition) is 1. The Morgan fingerprint density at radius 1 is 1.20 bits per heavy atom. The van der Waals surface area contributed by atoms with E-state index >= 15 is 0 Å². The SMILES string of the molecule is O=C(CCC1CCCCO1)NCc1ccnc(OC2CCCCC2)c1. The molecular weight excluding hydrogens is 316 g/mol. The molecule has 0 spiro atoms. The van der Waals surface area contributed by atoms with Crippen LogP contribution >= 0.6 is 0 Å². The van der Waals surface area contributed by atoms with Crippen molar-refractivity contribution in [3.05, 3.63) is 23.9 Å². The van der Waals surface area contributed by atoms with Crippen molar-refractivity contribution >= 4 is 5.91 Å². The Morgan fingerprint density at radius 2 is 2.04 bits per heavy atom. The van der Waals surface area contributed by atoms with Crippen molar-refractivity contribution < 1.29 is 14.3 Å². The number of rotatable bonds is 7. The molecular formula is C20H30N2O3. The summed E-state index contributed by atoms with van der Waals surface area (Å²) in [5.74, 6) is 0.759. The van der Waals surface area contributed by atoms with Gasteiger partial charge in [0.05, 0.1) is 6.10 Å². The van der Waals surface area contributed by atoms with E-state index in [4.69, 9.17) is 9.47 Å². The number of amides is 1. The van der Waals surface area contributed by atoms with Gasteiger partial charge in [0, 0.05) is 31.8 Å². The first-order valence-electron chi connectivity index (χ1n) is 9.79. The molecule has 5 nitrogen and oxygen atoms in total. The van der Waals surface area contributed by atoms with Crippen molar-refractivity contribution in [3.8, 4) is 5.88 Å². The van der Waals surface area contributed by atoms with Crippen LogP contribution in [0.2, 0.25) is 0 Å². The molecule has 0 aromatic carbocycles. The molecule has 1 saturated carbocycles. The maximum absolute atomic E-state index is 12.0. The second kappa shape index (κ2) is 9.76. The molecule has 2 fully saturated rings. The molecule has 1 aromatic rings. The van der Waals surface area contributed by atoms with Gasteiger partial charge in [0.15, 0.2) is 0 Å². The van der Waals surface area contributed by atoms with Gasteiger partial charge in [-0.05, 0) is 63.0 Å². The molecule has 1 aliphatic heterocycles. The van der Waals surface area contributed by atoms with Crippen molar-refractivity contribution in [2.24, 2.45) is 0 Å². The fraction of sp³-hybridized carbons (Fsp3) is 0.700. The number of nitrogens with zero attached hydrogens (tertiary/aromatic N) is 1. The summed E-state index contributed by atoms with van der Waals surface area (Å²) < 4.78 is 11.7. The first kappa shape index (κ1) is 18.2. The van der Waals surface area contributed by atoms with Gasteiger partial charge in [-0.15, -0.1) is 0 Å². The highest BCUT2D eigenvalue weighted by Gasteiger charge is 2.16. The number of hydrogen-bond acceptors (Lipinski definition) is 4. The summed E-state index contributed by atoms with van der Waals surface area (Å²) in [7, 11) is 0. The Hall–Kier alpha value is -1.62. The van der Waals surface area contributed by atoms with Gasteiger partial charge in [0.2, 0.25) is 11.8 Å². The standard InChI is InChI=1S/C20H30N2O3/c23-19(10-9-17-6-4-5-13-24-17)22-15-16-11-12-21-20(14-16)25-18-7-2-1-3-8-18/h11-12,14,17-18H,1-10,13,15H2,(H,22,23). The number of ether oxygens (including phenoxy) is 2. The van der Waals surface area contributed by atoms with Crippen molar-refractivity contribution in [2.75, 3.05) is 6.61 Å². The summed E-state index contributed by atoms with van der Waals surface area (Å²) in [5, 5.41) is 2.99. The lowest BCUT2D eigenvalue weighted by Crippen LogP contribution is -2.26. The van der Waals surface area contributed by atoms with Crippen LogP contribution in [0.1, 0.15) is 69.8 Å². The largest absolute Gasteiger partial charge is 0.474 e. The van der Waals surface area contributed by atoms with Gasteiger partial charge in [-0.1, -0.05) is 6.42 Å². The summed E-state index contributed by atoms with van der Waals surface area (Å²) in [4.78, 5) is 16.4. The molecule has 25 heavy (non-hydrogen) atoms. The minimum atomic E-state index is 0.0840. The highest BCUT2D eigenvalue weighted by Crippen LogP contribution is 2.22. The first-order valence-corrected chi connectivity index (χ1v) is 9.79. The van der Waals surface area contributed by atoms with Crippen LogP contribution in [0.25, 0.3) is 0 Å². The highest BCUT2D eigenvalue weighted by atomic mass is 16.5. The number of aromatic nitrogens is 1. The zero-order valence-electron chi connectivity index (χ0n) is 15.0. The van der Waals surface area contributed by atoms with Gasteiger partial charge in [0.25, 0.3) is 0 Å². The minimum absolute atomic E-state index is 0.0840. The van der Waals surface area contributed by atoms with Gasteiger partial charge in [-0.2, -0.15) is 0 Å².